The van der Waals surface area contributed by atoms with Crippen LogP contribution in [0.25, 0.3) is 0 Å². The van der Waals surface area contributed by atoms with Crippen molar-refractivity contribution in [3.05, 3.63) is 29.8 Å². The molecule has 1 unspecified atom stereocenters. The molecule has 1 atom stereocenters. The van der Waals surface area contributed by atoms with Crippen LogP contribution in [0, 0.1) is 0 Å². The van der Waals surface area contributed by atoms with Crippen LogP contribution in [0.3, 0.4) is 0 Å². The number of halogens is 1. The van der Waals surface area contributed by atoms with E-state index in [-0.39, 0.29) is 30.0 Å². The zero-order chi connectivity index (χ0) is 19.2. The van der Waals surface area contributed by atoms with Crippen molar-refractivity contribution in [1.82, 2.24) is 15.5 Å². The van der Waals surface area contributed by atoms with Gasteiger partial charge in [0.2, 0.25) is 0 Å². The maximum absolute atomic E-state index is 5.40. The van der Waals surface area contributed by atoms with Crippen LogP contribution in [0.1, 0.15) is 38.8 Å². The van der Waals surface area contributed by atoms with Crippen LogP contribution in [-0.4, -0.2) is 64.4 Å². The molecule has 2 N–H and O–H groups in total. The number of nitrogens with one attached hydrogen (secondary N) is 2. The van der Waals surface area contributed by atoms with Crippen LogP contribution in [-0.2, 0) is 4.74 Å². The molecule has 0 bridgehead atoms. The van der Waals surface area contributed by atoms with E-state index >= 15 is 0 Å². The molecule has 0 spiro atoms. The predicted octanol–water partition coefficient (Wildman–Crippen LogP) is 3.29. The van der Waals surface area contributed by atoms with Gasteiger partial charge in [0, 0.05) is 26.8 Å². The van der Waals surface area contributed by atoms with E-state index in [9.17, 15) is 0 Å². The molecule has 156 valence electrons. The fraction of sp³-hybridized carbons (Fsp3) is 0.650. The molecule has 0 amide bonds. The normalized spacial score (nSPS) is 12.4. The Balaban J connectivity index is 0.00000676. The number of likely N-dealkylation sites (N-methyl/N-ethyl adjacent to an activating group) is 1. The molecule has 1 aromatic rings. The van der Waals surface area contributed by atoms with Crippen LogP contribution in [0.15, 0.2) is 29.3 Å². The minimum atomic E-state index is 0. The highest BCUT2D eigenvalue weighted by molar-refractivity contribution is 14.0. The largest absolute Gasteiger partial charge is 0.497 e. The number of benzene rings is 1. The summed E-state index contributed by atoms with van der Waals surface area (Å²) in [5, 5.41) is 6.69. The second-order valence-electron chi connectivity index (χ2n) is 6.01. The predicted molar refractivity (Wildman–Crippen MR) is 125 cm³/mol. The lowest BCUT2D eigenvalue weighted by molar-refractivity contribution is 0.195. The summed E-state index contributed by atoms with van der Waals surface area (Å²) in [5.74, 6) is 1.73. The van der Waals surface area contributed by atoms with Crippen molar-refractivity contribution in [2.45, 2.75) is 33.2 Å². The molecule has 6 nitrogen and oxygen atoms in total. The summed E-state index contributed by atoms with van der Waals surface area (Å²) in [6.07, 6.45) is 0.955. The van der Waals surface area contributed by atoms with Gasteiger partial charge in [-0.25, -0.2) is 0 Å². The Morgan fingerprint density at radius 3 is 2.48 bits per heavy atom. The number of rotatable bonds is 12. The Morgan fingerprint density at radius 1 is 1.15 bits per heavy atom. The van der Waals surface area contributed by atoms with Gasteiger partial charge >= 0.3 is 0 Å². The maximum atomic E-state index is 5.40. The SMILES string of the molecule is CCNC(=NCC(c1cccc(OC)c1)N(CC)CC)NCCCOC.I. The monoisotopic (exact) mass is 492 g/mol. The molecule has 0 radical (unpaired) electrons. The standard InChI is InChI=1S/C20H36N4O2.HI/c1-6-21-20(22-13-10-14-25-4)23-16-19(24(7-2)8-3)17-11-9-12-18(15-17)26-5;/h9,11-12,15,19H,6-8,10,13-14,16H2,1-5H3,(H2,21,22,23);1H. The van der Waals surface area contributed by atoms with Gasteiger partial charge in [-0.2, -0.15) is 0 Å². The lowest BCUT2D eigenvalue weighted by Crippen LogP contribution is -2.39. The van der Waals surface area contributed by atoms with Crippen LogP contribution in [0.2, 0.25) is 0 Å². The summed E-state index contributed by atoms with van der Waals surface area (Å²) < 4.78 is 10.5. The third-order valence-electron chi connectivity index (χ3n) is 4.32. The number of methoxy groups -OCH3 is 2. The molecule has 27 heavy (non-hydrogen) atoms. The zero-order valence-electron chi connectivity index (χ0n) is 17.5. The minimum Gasteiger partial charge on any atom is -0.497 e. The van der Waals surface area contributed by atoms with Gasteiger partial charge in [-0.1, -0.05) is 26.0 Å². The highest BCUT2D eigenvalue weighted by Gasteiger charge is 2.18. The molecule has 0 aliphatic rings. The zero-order valence-corrected chi connectivity index (χ0v) is 19.8. The summed E-state index contributed by atoms with van der Waals surface area (Å²) in [6, 6.07) is 8.50. The minimum absolute atomic E-state index is 0. The van der Waals surface area contributed by atoms with Gasteiger partial charge in [0.05, 0.1) is 19.7 Å². The Kier molecular flexibility index (Phi) is 15.3. The molecule has 0 aliphatic heterocycles. The van der Waals surface area contributed by atoms with E-state index in [4.69, 9.17) is 14.5 Å². The smallest absolute Gasteiger partial charge is 0.191 e. The van der Waals surface area contributed by atoms with Gasteiger partial charge in [-0.15, -0.1) is 24.0 Å². The van der Waals surface area contributed by atoms with E-state index < -0.39 is 0 Å². The molecule has 0 saturated carbocycles. The van der Waals surface area contributed by atoms with Gasteiger partial charge < -0.3 is 20.1 Å². The van der Waals surface area contributed by atoms with Crippen LogP contribution in [0.4, 0.5) is 0 Å². The second-order valence-corrected chi connectivity index (χ2v) is 6.01. The third kappa shape index (κ3) is 9.62. The second kappa shape index (κ2) is 15.9. The first kappa shape index (κ1) is 25.9. The summed E-state index contributed by atoms with van der Waals surface area (Å²) in [7, 11) is 3.43. The highest BCUT2D eigenvalue weighted by atomic mass is 127. The first-order chi connectivity index (χ1) is 12.7. The van der Waals surface area contributed by atoms with Gasteiger partial charge in [0.15, 0.2) is 5.96 Å². The van der Waals surface area contributed by atoms with Crippen molar-refractivity contribution in [1.29, 1.82) is 0 Å². The van der Waals surface area contributed by atoms with E-state index in [2.05, 4.69) is 48.4 Å². The van der Waals surface area contributed by atoms with Crippen molar-refractivity contribution in [2.75, 3.05) is 53.6 Å². The van der Waals surface area contributed by atoms with Gasteiger partial charge in [0.1, 0.15) is 5.75 Å². The van der Waals surface area contributed by atoms with Crippen LogP contribution >= 0.6 is 24.0 Å². The Hall–Kier alpha value is -1.06. The fourth-order valence-corrected chi connectivity index (χ4v) is 2.89. The molecule has 1 rings (SSSR count). The molecule has 1 aromatic carbocycles. The summed E-state index contributed by atoms with van der Waals surface area (Å²) in [6.45, 7) is 11.5. The number of hydrogen-bond donors (Lipinski definition) is 2. The van der Waals surface area contributed by atoms with Crippen LogP contribution in [0.5, 0.6) is 5.75 Å². The Bertz CT molecular complexity index is 524. The Morgan fingerprint density at radius 2 is 1.89 bits per heavy atom. The highest BCUT2D eigenvalue weighted by Crippen LogP contribution is 2.24. The van der Waals surface area contributed by atoms with E-state index in [1.807, 2.05) is 12.1 Å². The topological polar surface area (TPSA) is 58.1 Å². The first-order valence-corrected chi connectivity index (χ1v) is 9.59. The van der Waals surface area contributed by atoms with Crippen molar-refractivity contribution in [2.24, 2.45) is 4.99 Å². The summed E-state index contributed by atoms with van der Waals surface area (Å²) in [5.41, 5.74) is 1.23. The lowest BCUT2D eigenvalue weighted by Gasteiger charge is -2.29. The Labute approximate surface area is 182 Å². The van der Waals surface area contributed by atoms with Crippen molar-refractivity contribution < 1.29 is 9.47 Å². The summed E-state index contributed by atoms with van der Waals surface area (Å²) in [4.78, 5) is 7.25. The molecule has 7 heteroatoms. The third-order valence-corrected chi connectivity index (χ3v) is 4.32. The van der Waals surface area contributed by atoms with Gasteiger partial charge in [-0.05, 0) is 44.1 Å². The number of aliphatic imine (C=N–C) groups is 1. The van der Waals surface area contributed by atoms with E-state index in [1.165, 1.54) is 5.56 Å². The van der Waals surface area contributed by atoms with E-state index in [0.29, 0.717) is 6.54 Å². The summed E-state index contributed by atoms with van der Waals surface area (Å²) >= 11 is 0. The molecular formula is C20H37IN4O2. The molecule has 0 saturated heterocycles. The molecular weight excluding hydrogens is 455 g/mol. The molecule has 0 aromatic heterocycles. The van der Waals surface area contributed by atoms with Crippen molar-refractivity contribution in [3.8, 4) is 5.75 Å². The average molecular weight is 492 g/mol. The quantitative estimate of drug-likeness (QED) is 0.203. The van der Waals surface area contributed by atoms with E-state index in [0.717, 1.165) is 50.9 Å². The van der Waals surface area contributed by atoms with E-state index in [1.54, 1.807) is 14.2 Å². The fourth-order valence-electron chi connectivity index (χ4n) is 2.89. The average Bonchev–Trinajstić information content (AvgIpc) is 2.68. The number of nitrogens with zero attached hydrogens (tertiary/aromatic N) is 2. The molecule has 0 heterocycles. The van der Waals surface area contributed by atoms with Crippen LogP contribution < -0.4 is 15.4 Å². The number of hydrogen-bond acceptors (Lipinski definition) is 4. The number of guanidine groups is 1. The lowest BCUT2D eigenvalue weighted by atomic mass is 10.0. The first-order valence-electron chi connectivity index (χ1n) is 9.59. The van der Waals surface area contributed by atoms with Crippen molar-refractivity contribution in [3.63, 3.8) is 0 Å². The molecule has 0 fully saturated rings. The molecule has 0 aliphatic carbocycles. The van der Waals surface area contributed by atoms with Gasteiger partial charge in [-0.3, -0.25) is 9.89 Å². The maximum Gasteiger partial charge on any atom is 0.191 e. The van der Waals surface area contributed by atoms with Gasteiger partial charge in [0.25, 0.3) is 0 Å². The van der Waals surface area contributed by atoms with Crippen molar-refractivity contribution >= 4 is 29.9 Å². The number of ether oxygens (including phenoxy) is 2.